The number of aromatic nitrogens is 4. The molecule has 0 aliphatic rings. The third-order valence-corrected chi connectivity index (χ3v) is 2.40. The molecule has 0 spiro atoms. The molecule has 3 aromatic heterocycles. The second-order valence-electron chi connectivity index (χ2n) is 3.79. The summed E-state index contributed by atoms with van der Waals surface area (Å²) in [5.41, 5.74) is 2.78. The Morgan fingerprint density at radius 2 is 2.29 bits per heavy atom. The van der Waals surface area contributed by atoms with Crippen molar-refractivity contribution in [3.8, 4) is 0 Å². The number of pyridine rings is 1. The van der Waals surface area contributed by atoms with E-state index in [-0.39, 0.29) is 0 Å². The van der Waals surface area contributed by atoms with Crippen LogP contribution in [0.4, 0.5) is 5.95 Å². The summed E-state index contributed by atoms with van der Waals surface area (Å²) in [7, 11) is 0. The van der Waals surface area contributed by atoms with Gasteiger partial charge in [0, 0.05) is 12.3 Å². The molecule has 0 aliphatic heterocycles. The predicted octanol–water partition coefficient (Wildman–Crippen LogP) is 1.64. The van der Waals surface area contributed by atoms with Gasteiger partial charge in [0.25, 0.3) is 0 Å². The fraction of sp³-hybridized carbons (Fsp3) is 0.182. The first-order chi connectivity index (χ1) is 8.31. The molecule has 3 aromatic rings. The van der Waals surface area contributed by atoms with E-state index in [1.165, 1.54) is 6.26 Å². The smallest absolute Gasteiger partial charge is 0.243 e. The highest BCUT2D eigenvalue weighted by Gasteiger charge is 2.03. The number of hydrogen-bond acceptors (Lipinski definition) is 5. The highest BCUT2D eigenvalue weighted by molar-refractivity contribution is 5.44. The van der Waals surface area contributed by atoms with E-state index in [1.807, 2.05) is 25.3 Å². The second kappa shape index (κ2) is 3.89. The normalized spacial score (nSPS) is 10.9. The molecule has 6 heteroatoms. The van der Waals surface area contributed by atoms with Crippen molar-refractivity contribution in [2.45, 2.75) is 13.5 Å². The van der Waals surface area contributed by atoms with Gasteiger partial charge in [-0.15, -0.1) is 5.10 Å². The second-order valence-corrected chi connectivity index (χ2v) is 3.79. The monoisotopic (exact) mass is 229 g/mol. The van der Waals surface area contributed by atoms with Gasteiger partial charge in [-0.2, -0.15) is 4.98 Å². The minimum atomic E-state index is 0.548. The molecule has 17 heavy (non-hydrogen) atoms. The van der Waals surface area contributed by atoms with Crippen LogP contribution in [0, 0.1) is 6.92 Å². The number of nitrogens with zero attached hydrogens (tertiary/aromatic N) is 4. The van der Waals surface area contributed by atoms with Gasteiger partial charge in [-0.05, 0) is 18.6 Å². The average Bonchev–Trinajstić information content (AvgIpc) is 2.94. The number of rotatable bonds is 3. The number of hydrogen-bond donors (Lipinski definition) is 1. The lowest BCUT2D eigenvalue weighted by molar-refractivity contribution is 0.412. The van der Waals surface area contributed by atoms with Crippen LogP contribution >= 0.6 is 0 Å². The Hall–Kier alpha value is -2.37. The van der Waals surface area contributed by atoms with Crippen molar-refractivity contribution in [2.75, 3.05) is 5.32 Å². The lowest BCUT2D eigenvalue weighted by Crippen LogP contribution is -2.01. The van der Waals surface area contributed by atoms with Crippen LogP contribution in [0.1, 0.15) is 11.3 Å². The Kier molecular flexibility index (Phi) is 2.25. The fourth-order valence-electron chi connectivity index (χ4n) is 1.56. The molecule has 0 bridgehead atoms. The third kappa shape index (κ3) is 1.96. The fourth-order valence-corrected chi connectivity index (χ4v) is 1.56. The molecule has 86 valence electrons. The average molecular weight is 229 g/mol. The Balaban J connectivity index is 1.81. The van der Waals surface area contributed by atoms with Crippen molar-refractivity contribution >= 4 is 11.6 Å². The molecule has 3 heterocycles. The lowest BCUT2D eigenvalue weighted by Gasteiger charge is -1.95. The van der Waals surface area contributed by atoms with Crippen LogP contribution in [0.5, 0.6) is 0 Å². The Bertz CT molecular complexity index is 628. The molecule has 6 nitrogen and oxygen atoms in total. The molecular formula is C11H11N5O. The van der Waals surface area contributed by atoms with Gasteiger partial charge in [0.15, 0.2) is 5.65 Å². The highest BCUT2D eigenvalue weighted by Crippen LogP contribution is 2.08. The van der Waals surface area contributed by atoms with Crippen LogP contribution in [0.25, 0.3) is 5.65 Å². The summed E-state index contributed by atoms with van der Waals surface area (Å²) >= 11 is 0. The highest BCUT2D eigenvalue weighted by atomic mass is 16.5. The van der Waals surface area contributed by atoms with Crippen LogP contribution in [0.15, 0.2) is 35.2 Å². The van der Waals surface area contributed by atoms with Crippen LogP contribution in [-0.2, 0) is 6.54 Å². The maximum atomic E-state index is 4.74. The van der Waals surface area contributed by atoms with E-state index >= 15 is 0 Å². The largest absolute Gasteiger partial charge is 0.364 e. The molecule has 1 N–H and O–H groups in total. The molecule has 0 saturated heterocycles. The molecule has 0 amide bonds. The van der Waals surface area contributed by atoms with Crippen LogP contribution < -0.4 is 5.32 Å². The van der Waals surface area contributed by atoms with E-state index in [4.69, 9.17) is 4.52 Å². The van der Waals surface area contributed by atoms with E-state index in [1.54, 1.807) is 10.6 Å². The summed E-state index contributed by atoms with van der Waals surface area (Å²) in [5.74, 6) is 0.582. The quantitative estimate of drug-likeness (QED) is 0.739. The summed E-state index contributed by atoms with van der Waals surface area (Å²) < 4.78 is 6.49. The summed E-state index contributed by atoms with van der Waals surface area (Å²) in [6.07, 6.45) is 3.47. The summed E-state index contributed by atoms with van der Waals surface area (Å²) in [6, 6.07) is 5.74. The SMILES string of the molecule is Cc1ccc2nc(NCc3ccon3)nn2c1. The first kappa shape index (κ1) is 9.83. The molecule has 0 aliphatic carbocycles. The van der Waals surface area contributed by atoms with Crippen LogP contribution in [0.2, 0.25) is 0 Å². The first-order valence-electron chi connectivity index (χ1n) is 5.27. The minimum Gasteiger partial charge on any atom is -0.364 e. The zero-order chi connectivity index (χ0) is 11.7. The van der Waals surface area contributed by atoms with E-state index in [9.17, 15) is 0 Å². The molecule has 0 fully saturated rings. The van der Waals surface area contributed by atoms with Crippen LogP contribution in [0.3, 0.4) is 0 Å². The van der Waals surface area contributed by atoms with Gasteiger partial charge in [0.1, 0.15) is 12.0 Å². The van der Waals surface area contributed by atoms with Crippen LogP contribution in [-0.4, -0.2) is 19.8 Å². The zero-order valence-corrected chi connectivity index (χ0v) is 9.29. The number of fused-ring (bicyclic) bond motifs is 1. The molecule has 0 radical (unpaired) electrons. The number of anilines is 1. The molecule has 3 rings (SSSR count). The topological polar surface area (TPSA) is 68.2 Å². The Morgan fingerprint density at radius 1 is 1.35 bits per heavy atom. The summed E-state index contributed by atoms with van der Waals surface area (Å²) in [5, 5.41) is 11.2. The van der Waals surface area contributed by atoms with Crippen molar-refractivity contribution in [3.63, 3.8) is 0 Å². The third-order valence-electron chi connectivity index (χ3n) is 2.40. The van der Waals surface area contributed by atoms with Crippen molar-refractivity contribution in [2.24, 2.45) is 0 Å². The number of nitrogens with one attached hydrogen (secondary N) is 1. The van der Waals surface area contributed by atoms with Crippen molar-refractivity contribution in [3.05, 3.63) is 41.9 Å². The first-order valence-corrected chi connectivity index (χ1v) is 5.27. The van der Waals surface area contributed by atoms with Crippen molar-refractivity contribution in [1.29, 1.82) is 0 Å². The molecule has 0 unspecified atom stereocenters. The van der Waals surface area contributed by atoms with Gasteiger partial charge in [0.05, 0.1) is 6.54 Å². The van der Waals surface area contributed by atoms with Gasteiger partial charge >= 0.3 is 0 Å². The Labute approximate surface area is 97.3 Å². The summed E-state index contributed by atoms with van der Waals surface area (Å²) in [6.45, 7) is 2.57. The maximum absolute atomic E-state index is 4.74. The number of aryl methyl sites for hydroxylation is 1. The minimum absolute atomic E-state index is 0.548. The summed E-state index contributed by atoms with van der Waals surface area (Å²) in [4.78, 5) is 4.34. The predicted molar refractivity (Wildman–Crippen MR) is 61.6 cm³/mol. The Morgan fingerprint density at radius 3 is 3.12 bits per heavy atom. The standard InChI is InChI=1S/C11H11N5O/c1-8-2-3-10-13-11(14-16(10)7-8)12-6-9-4-5-17-15-9/h2-5,7H,6H2,1H3,(H,12,14). The molecule has 0 aromatic carbocycles. The van der Waals surface area contributed by atoms with Gasteiger partial charge in [-0.25, -0.2) is 4.52 Å². The van der Waals surface area contributed by atoms with E-state index in [0.29, 0.717) is 12.5 Å². The van der Waals surface area contributed by atoms with E-state index < -0.39 is 0 Å². The molecular weight excluding hydrogens is 218 g/mol. The van der Waals surface area contributed by atoms with Gasteiger partial charge in [-0.3, -0.25) is 0 Å². The van der Waals surface area contributed by atoms with Gasteiger partial charge in [0.2, 0.25) is 5.95 Å². The van der Waals surface area contributed by atoms with Gasteiger partial charge < -0.3 is 9.84 Å². The molecule has 0 saturated carbocycles. The van der Waals surface area contributed by atoms with E-state index in [0.717, 1.165) is 16.9 Å². The van der Waals surface area contributed by atoms with Crippen molar-refractivity contribution in [1.82, 2.24) is 19.8 Å². The maximum Gasteiger partial charge on any atom is 0.243 e. The molecule has 0 atom stereocenters. The van der Waals surface area contributed by atoms with Crippen molar-refractivity contribution < 1.29 is 4.52 Å². The van der Waals surface area contributed by atoms with E-state index in [2.05, 4.69) is 20.6 Å². The van der Waals surface area contributed by atoms with Gasteiger partial charge in [-0.1, -0.05) is 11.2 Å². The lowest BCUT2D eigenvalue weighted by atomic mass is 10.3. The zero-order valence-electron chi connectivity index (χ0n) is 9.29.